The molecule has 9 heteroatoms. The highest BCUT2D eigenvalue weighted by atomic mass is 32.1. The van der Waals surface area contributed by atoms with Gasteiger partial charge in [0.15, 0.2) is 11.5 Å². The Morgan fingerprint density at radius 2 is 2.00 bits per heavy atom. The lowest BCUT2D eigenvalue weighted by atomic mass is 9.91. The molecular formula is C26H28N4O4S. The average molecular weight is 493 g/mol. The minimum absolute atomic E-state index is 0.127. The van der Waals surface area contributed by atoms with Crippen LogP contribution in [-0.2, 0) is 17.9 Å². The van der Waals surface area contributed by atoms with Crippen LogP contribution in [0, 0.1) is 0 Å². The number of ether oxygens (including phenoxy) is 2. The zero-order valence-electron chi connectivity index (χ0n) is 19.7. The van der Waals surface area contributed by atoms with Gasteiger partial charge in [0.05, 0.1) is 11.4 Å². The van der Waals surface area contributed by atoms with Gasteiger partial charge in [-0.15, -0.1) is 11.3 Å². The number of rotatable bonds is 5. The SMILES string of the molecule is C[C@@]1(C(=O)NC2CCCCC2)Cn2nc(-c3cccs3)cc2C(=O)N1Cc1ccc2c(c1)OCO2. The highest BCUT2D eigenvalue weighted by Gasteiger charge is 2.48. The highest BCUT2D eigenvalue weighted by molar-refractivity contribution is 7.13. The molecule has 1 saturated carbocycles. The summed E-state index contributed by atoms with van der Waals surface area (Å²) in [5, 5.41) is 9.97. The number of hydrogen-bond acceptors (Lipinski definition) is 6. The highest BCUT2D eigenvalue weighted by Crippen LogP contribution is 2.36. The summed E-state index contributed by atoms with van der Waals surface area (Å²) in [6, 6.07) is 11.6. The number of benzene rings is 1. The van der Waals surface area contributed by atoms with Gasteiger partial charge in [0.2, 0.25) is 12.7 Å². The summed E-state index contributed by atoms with van der Waals surface area (Å²) in [4.78, 5) is 30.3. The van der Waals surface area contributed by atoms with Gasteiger partial charge in [0, 0.05) is 12.6 Å². The molecule has 1 N–H and O–H groups in total. The third-order valence-electron chi connectivity index (χ3n) is 7.28. The molecule has 182 valence electrons. The summed E-state index contributed by atoms with van der Waals surface area (Å²) in [5.41, 5.74) is 1.04. The number of thiophene rings is 1. The first kappa shape index (κ1) is 22.2. The van der Waals surface area contributed by atoms with E-state index in [0.717, 1.165) is 41.8 Å². The molecule has 0 spiro atoms. The number of aromatic nitrogens is 2. The monoisotopic (exact) mass is 492 g/mol. The first-order valence-electron chi connectivity index (χ1n) is 12.1. The van der Waals surface area contributed by atoms with E-state index >= 15 is 0 Å². The normalized spacial score (nSPS) is 21.7. The Hall–Kier alpha value is -3.33. The van der Waals surface area contributed by atoms with Crippen LogP contribution in [-0.4, -0.2) is 44.9 Å². The fourth-order valence-corrected chi connectivity index (χ4v) is 5.93. The van der Waals surface area contributed by atoms with Gasteiger partial charge >= 0.3 is 0 Å². The summed E-state index contributed by atoms with van der Waals surface area (Å²) in [6.07, 6.45) is 5.41. The molecule has 3 aliphatic rings. The second-order valence-corrected chi connectivity index (χ2v) is 10.7. The van der Waals surface area contributed by atoms with E-state index in [0.29, 0.717) is 23.7 Å². The van der Waals surface area contributed by atoms with E-state index in [1.165, 1.54) is 6.42 Å². The van der Waals surface area contributed by atoms with Crippen molar-refractivity contribution >= 4 is 23.2 Å². The molecule has 1 aromatic carbocycles. The average Bonchev–Trinajstić information content (AvgIpc) is 3.62. The number of carbonyl (C=O) groups is 2. The van der Waals surface area contributed by atoms with Gasteiger partial charge < -0.3 is 19.7 Å². The molecule has 2 aromatic heterocycles. The number of fused-ring (bicyclic) bond motifs is 2. The molecule has 1 atom stereocenters. The van der Waals surface area contributed by atoms with Crippen molar-refractivity contribution in [3.8, 4) is 22.1 Å². The van der Waals surface area contributed by atoms with Crippen LogP contribution in [0.5, 0.6) is 11.5 Å². The van der Waals surface area contributed by atoms with Crippen molar-refractivity contribution in [1.82, 2.24) is 20.0 Å². The Morgan fingerprint density at radius 1 is 1.17 bits per heavy atom. The Labute approximate surface area is 207 Å². The van der Waals surface area contributed by atoms with E-state index in [4.69, 9.17) is 14.6 Å². The summed E-state index contributed by atoms with van der Waals surface area (Å²) < 4.78 is 12.7. The van der Waals surface area contributed by atoms with Crippen LogP contribution >= 0.6 is 11.3 Å². The van der Waals surface area contributed by atoms with Crippen LogP contribution in [0.15, 0.2) is 41.8 Å². The van der Waals surface area contributed by atoms with Crippen molar-refractivity contribution in [1.29, 1.82) is 0 Å². The number of nitrogens with zero attached hydrogens (tertiary/aromatic N) is 3. The second kappa shape index (κ2) is 8.71. The van der Waals surface area contributed by atoms with Gasteiger partial charge in [-0.3, -0.25) is 14.3 Å². The molecular weight excluding hydrogens is 464 g/mol. The Morgan fingerprint density at radius 3 is 2.80 bits per heavy atom. The van der Waals surface area contributed by atoms with Crippen molar-refractivity contribution in [2.75, 3.05) is 6.79 Å². The van der Waals surface area contributed by atoms with Crippen molar-refractivity contribution in [3.63, 3.8) is 0 Å². The predicted octanol–water partition coefficient (Wildman–Crippen LogP) is 4.20. The molecule has 1 fully saturated rings. The summed E-state index contributed by atoms with van der Waals surface area (Å²) >= 11 is 1.58. The topological polar surface area (TPSA) is 85.7 Å². The van der Waals surface area contributed by atoms with Crippen LogP contribution in [0.2, 0.25) is 0 Å². The molecule has 8 nitrogen and oxygen atoms in total. The van der Waals surface area contributed by atoms with E-state index in [9.17, 15) is 9.59 Å². The molecule has 0 bridgehead atoms. The van der Waals surface area contributed by atoms with Gasteiger partial charge in [0.1, 0.15) is 16.9 Å². The lowest BCUT2D eigenvalue weighted by molar-refractivity contribution is -0.134. The molecule has 2 amide bonds. The summed E-state index contributed by atoms with van der Waals surface area (Å²) in [5.74, 6) is 1.02. The first-order chi connectivity index (χ1) is 17.0. The molecule has 4 heterocycles. The van der Waals surface area contributed by atoms with Crippen LogP contribution < -0.4 is 14.8 Å². The maximum atomic E-state index is 13.9. The molecule has 1 aliphatic carbocycles. The van der Waals surface area contributed by atoms with Crippen LogP contribution in [0.3, 0.4) is 0 Å². The van der Waals surface area contributed by atoms with E-state index < -0.39 is 5.54 Å². The smallest absolute Gasteiger partial charge is 0.273 e. The van der Waals surface area contributed by atoms with Crippen LogP contribution in [0.25, 0.3) is 10.6 Å². The number of amides is 2. The molecule has 0 saturated heterocycles. The third-order valence-corrected chi connectivity index (χ3v) is 8.17. The maximum absolute atomic E-state index is 13.9. The number of carbonyl (C=O) groups excluding carboxylic acids is 2. The van der Waals surface area contributed by atoms with E-state index in [-0.39, 0.29) is 31.2 Å². The number of nitrogens with one attached hydrogen (secondary N) is 1. The maximum Gasteiger partial charge on any atom is 0.273 e. The van der Waals surface area contributed by atoms with Gasteiger partial charge in [-0.25, -0.2) is 0 Å². The third kappa shape index (κ3) is 3.97. The minimum Gasteiger partial charge on any atom is -0.454 e. The van der Waals surface area contributed by atoms with Gasteiger partial charge in [-0.2, -0.15) is 5.10 Å². The van der Waals surface area contributed by atoms with Crippen LogP contribution in [0.4, 0.5) is 0 Å². The Balaban J connectivity index is 1.35. The van der Waals surface area contributed by atoms with E-state index in [1.54, 1.807) is 20.9 Å². The fourth-order valence-electron chi connectivity index (χ4n) is 5.24. The van der Waals surface area contributed by atoms with Crippen molar-refractivity contribution < 1.29 is 19.1 Å². The van der Waals surface area contributed by atoms with Gasteiger partial charge in [0.25, 0.3) is 5.91 Å². The van der Waals surface area contributed by atoms with Gasteiger partial charge in [-0.05, 0) is 55.0 Å². The zero-order valence-corrected chi connectivity index (χ0v) is 20.5. The quantitative estimate of drug-likeness (QED) is 0.577. The zero-order chi connectivity index (χ0) is 24.0. The lowest BCUT2D eigenvalue weighted by Crippen LogP contribution is -2.64. The van der Waals surface area contributed by atoms with Gasteiger partial charge in [-0.1, -0.05) is 31.4 Å². The second-order valence-electron chi connectivity index (χ2n) is 9.71. The standard InChI is InChI=1S/C26H28N4O4S/c1-26(25(32)27-18-6-3-2-4-7-18)15-30-20(13-19(28-30)23-8-5-11-35-23)24(31)29(26)14-17-9-10-21-22(12-17)34-16-33-21/h5,8-13,18H,2-4,6-7,14-16H2,1H3,(H,27,32)/t26-/m0/s1. The molecule has 35 heavy (non-hydrogen) atoms. The molecule has 2 aliphatic heterocycles. The molecule has 0 radical (unpaired) electrons. The minimum atomic E-state index is -1.09. The summed E-state index contributed by atoms with van der Waals surface area (Å²) in [7, 11) is 0. The first-order valence-corrected chi connectivity index (χ1v) is 13.0. The molecule has 3 aromatic rings. The van der Waals surface area contributed by atoms with E-state index in [2.05, 4.69) is 5.32 Å². The molecule has 0 unspecified atom stereocenters. The predicted molar refractivity (Wildman–Crippen MR) is 131 cm³/mol. The summed E-state index contributed by atoms with van der Waals surface area (Å²) in [6.45, 7) is 2.62. The molecule has 6 rings (SSSR count). The van der Waals surface area contributed by atoms with Crippen molar-refractivity contribution in [2.24, 2.45) is 0 Å². The van der Waals surface area contributed by atoms with Crippen LogP contribution in [0.1, 0.15) is 55.1 Å². The van der Waals surface area contributed by atoms with Crippen molar-refractivity contribution in [2.45, 2.75) is 63.7 Å². The Kier molecular flexibility index (Phi) is 5.51. The number of hydrogen-bond donors (Lipinski definition) is 1. The van der Waals surface area contributed by atoms with Crippen molar-refractivity contribution in [3.05, 3.63) is 53.0 Å². The lowest BCUT2D eigenvalue weighted by Gasteiger charge is -2.44. The largest absolute Gasteiger partial charge is 0.454 e. The fraction of sp³-hybridized carbons (Fsp3) is 0.423. The van der Waals surface area contributed by atoms with E-state index in [1.807, 2.05) is 48.7 Å². The Bertz CT molecular complexity index is 1260.